The molecule has 244 valence electrons. The lowest BCUT2D eigenvalue weighted by atomic mass is 10.1. The molecule has 3 aromatic rings. The number of hydrogen-bond donors (Lipinski definition) is 2. The summed E-state index contributed by atoms with van der Waals surface area (Å²) in [5, 5.41) is 5.45. The number of esters is 1. The highest BCUT2D eigenvalue weighted by Gasteiger charge is 2.28. The summed E-state index contributed by atoms with van der Waals surface area (Å²) in [6, 6.07) is 14.7. The molecule has 2 amide bonds. The number of halogens is 1. The first kappa shape index (κ1) is 35.8. The smallest absolute Gasteiger partial charge is 0.411 e. The molecule has 2 N–H and O–H groups in total. The molecular formula is C32H43BrN4O7Si. The van der Waals surface area contributed by atoms with Crippen molar-refractivity contribution in [1.29, 1.82) is 0 Å². The molecule has 1 heterocycles. The summed E-state index contributed by atoms with van der Waals surface area (Å²) in [5.74, 6) is -0.126. The Morgan fingerprint density at radius 3 is 2.38 bits per heavy atom. The number of imidazole rings is 1. The molecule has 0 unspecified atom stereocenters. The van der Waals surface area contributed by atoms with E-state index in [1.165, 1.54) is 7.11 Å². The standard InChI is InChI=1S/C32H43BrN4O7Si/c1-32(2,3)44-31(40)36-26(18-28(38)43-20-22-11-9-8-10-12-22)29-35-27(19-37(29)21-42-15-16-45(5,6)7)24-14-13-23(17-25(24)33)34-30(39)41-4/h8-14,17,19,26H,15-16,18,20-21H2,1-7H3,(H,34,39)(H,36,40)/t26-/m0/s1. The van der Waals surface area contributed by atoms with Gasteiger partial charge in [0.2, 0.25) is 0 Å². The van der Waals surface area contributed by atoms with Gasteiger partial charge in [-0.25, -0.2) is 14.6 Å². The second-order valence-corrected chi connectivity index (χ2v) is 19.1. The topological polar surface area (TPSA) is 130 Å². The molecule has 0 saturated carbocycles. The van der Waals surface area contributed by atoms with Crippen molar-refractivity contribution < 1.29 is 33.3 Å². The molecule has 0 aliphatic carbocycles. The molecule has 0 aliphatic rings. The van der Waals surface area contributed by atoms with Crippen molar-refractivity contribution in [3.8, 4) is 11.3 Å². The Bertz CT molecular complexity index is 1450. The minimum absolute atomic E-state index is 0.0945. The van der Waals surface area contributed by atoms with Crippen molar-refractivity contribution in [3.63, 3.8) is 0 Å². The average Bonchev–Trinajstić information content (AvgIpc) is 3.36. The van der Waals surface area contributed by atoms with E-state index in [9.17, 15) is 14.4 Å². The molecule has 45 heavy (non-hydrogen) atoms. The summed E-state index contributed by atoms with van der Waals surface area (Å²) in [5.41, 5.74) is 1.89. The Morgan fingerprint density at radius 2 is 1.76 bits per heavy atom. The zero-order chi connectivity index (χ0) is 33.2. The third-order valence-electron chi connectivity index (χ3n) is 6.33. The van der Waals surface area contributed by atoms with E-state index in [0.717, 1.165) is 17.2 Å². The van der Waals surface area contributed by atoms with Crippen LogP contribution < -0.4 is 10.6 Å². The molecule has 11 nitrogen and oxygen atoms in total. The number of nitrogens with zero attached hydrogens (tertiary/aromatic N) is 2. The van der Waals surface area contributed by atoms with Crippen LogP contribution in [0.1, 0.15) is 44.6 Å². The van der Waals surface area contributed by atoms with Crippen LogP contribution in [0.4, 0.5) is 15.3 Å². The summed E-state index contributed by atoms with van der Waals surface area (Å²) in [4.78, 5) is 42.6. The third kappa shape index (κ3) is 12.3. The van der Waals surface area contributed by atoms with Crippen LogP contribution in [0, 0.1) is 0 Å². The SMILES string of the molecule is COC(=O)Nc1ccc(-c2cn(COCC[Si](C)(C)C)c([C@H](CC(=O)OCc3ccccc3)NC(=O)OC(C)(C)C)n2)c(Br)c1. The van der Waals surface area contributed by atoms with Crippen LogP contribution in [0.25, 0.3) is 11.3 Å². The lowest BCUT2D eigenvalue weighted by molar-refractivity contribution is -0.145. The van der Waals surface area contributed by atoms with Crippen molar-refractivity contribution in [2.75, 3.05) is 19.0 Å². The lowest BCUT2D eigenvalue weighted by Crippen LogP contribution is -2.37. The van der Waals surface area contributed by atoms with Crippen molar-refractivity contribution in [1.82, 2.24) is 14.9 Å². The Kier molecular flexibility index (Phi) is 12.8. The second-order valence-electron chi connectivity index (χ2n) is 12.7. The Balaban J connectivity index is 1.96. The highest BCUT2D eigenvalue weighted by Crippen LogP contribution is 2.32. The van der Waals surface area contributed by atoms with E-state index in [1.807, 2.05) is 30.3 Å². The number of alkyl carbamates (subject to hydrolysis) is 1. The second kappa shape index (κ2) is 16.0. The van der Waals surface area contributed by atoms with E-state index in [4.69, 9.17) is 19.2 Å². The molecule has 0 saturated heterocycles. The van der Waals surface area contributed by atoms with Gasteiger partial charge in [0.05, 0.1) is 19.2 Å². The van der Waals surface area contributed by atoms with Crippen molar-refractivity contribution in [2.45, 2.75) is 77.9 Å². The number of anilines is 1. The number of carbonyl (C=O) groups is 3. The van der Waals surface area contributed by atoms with Crippen LogP contribution in [-0.4, -0.2) is 55.1 Å². The molecule has 2 aromatic carbocycles. The molecule has 13 heteroatoms. The molecule has 0 radical (unpaired) electrons. The average molecular weight is 704 g/mol. The molecule has 0 spiro atoms. The third-order valence-corrected chi connectivity index (χ3v) is 8.69. The number of rotatable bonds is 13. The number of carbonyl (C=O) groups excluding carboxylic acids is 3. The number of nitrogens with one attached hydrogen (secondary N) is 2. The summed E-state index contributed by atoms with van der Waals surface area (Å²) in [7, 11) is -0.0496. The predicted octanol–water partition coefficient (Wildman–Crippen LogP) is 7.50. The molecule has 3 rings (SSSR count). The maximum atomic E-state index is 13.1. The fraction of sp³-hybridized carbons (Fsp3) is 0.438. The van der Waals surface area contributed by atoms with Gasteiger partial charge in [-0.15, -0.1) is 0 Å². The quantitative estimate of drug-likeness (QED) is 0.0811. The molecule has 0 aliphatic heterocycles. The van der Waals surface area contributed by atoms with Gasteiger partial charge in [-0.1, -0.05) is 65.9 Å². The number of benzene rings is 2. The Morgan fingerprint density at radius 1 is 1.04 bits per heavy atom. The monoisotopic (exact) mass is 702 g/mol. The van der Waals surface area contributed by atoms with Gasteiger partial charge in [0.25, 0.3) is 0 Å². The van der Waals surface area contributed by atoms with Gasteiger partial charge in [-0.05, 0) is 50.6 Å². The van der Waals surface area contributed by atoms with Crippen molar-refractivity contribution >= 4 is 47.8 Å². The molecule has 1 atom stereocenters. The van der Waals surface area contributed by atoms with Gasteiger partial charge in [0.15, 0.2) is 0 Å². The Hall–Kier alpha value is -3.68. The van der Waals surface area contributed by atoms with Gasteiger partial charge in [0, 0.05) is 36.6 Å². The summed E-state index contributed by atoms with van der Waals surface area (Å²) < 4.78 is 24.3. The first-order valence-electron chi connectivity index (χ1n) is 14.6. The van der Waals surface area contributed by atoms with Gasteiger partial charge >= 0.3 is 18.2 Å². The van der Waals surface area contributed by atoms with Gasteiger partial charge in [-0.2, -0.15) is 0 Å². The summed E-state index contributed by atoms with van der Waals surface area (Å²) in [6.45, 7) is 12.9. The van der Waals surface area contributed by atoms with Crippen LogP contribution in [0.15, 0.2) is 59.2 Å². The zero-order valence-corrected chi connectivity index (χ0v) is 29.5. The Labute approximate surface area is 274 Å². The highest BCUT2D eigenvalue weighted by molar-refractivity contribution is 9.10. The summed E-state index contributed by atoms with van der Waals surface area (Å²) in [6.07, 6.45) is 0.322. The normalized spacial score (nSPS) is 12.3. The first-order chi connectivity index (χ1) is 21.1. The predicted molar refractivity (Wildman–Crippen MR) is 178 cm³/mol. The van der Waals surface area contributed by atoms with Crippen LogP contribution in [0.2, 0.25) is 25.7 Å². The first-order valence-corrected chi connectivity index (χ1v) is 19.1. The fourth-order valence-corrected chi connectivity index (χ4v) is 5.41. The van der Waals surface area contributed by atoms with E-state index in [2.05, 4.69) is 50.9 Å². The van der Waals surface area contributed by atoms with E-state index >= 15 is 0 Å². The van der Waals surface area contributed by atoms with Crippen LogP contribution >= 0.6 is 15.9 Å². The number of methoxy groups -OCH3 is 1. The van der Waals surface area contributed by atoms with E-state index < -0.39 is 37.9 Å². The van der Waals surface area contributed by atoms with E-state index in [-0.39, 0.29) is 19.8 Å². The van der Waals surface area contributed by atoms with E-state index in [0.29, 0.717) is 28.3 Å². The summed E-state index contributed by atoms with van der Waals surface area (Å²) >= 11 is 3.58. The number of amides is 2. The number of ether oxygens (including phenoxy) is 4. The van der Waals surface area contributed by atoms with Gasteiger partial charge in [-0.3, -0.25) is 10.1 Å². The number of hydrogen-bond acceptors (Lipinski definition) is 8. The van der Waals surface area contributed by atoms with Crippen LogP contribution in [0.5, 0.6) is 0 Å². The van der Waals surface area contributed by atoms with Crippen molar-refractivity contribution in [3.05, 3.63) is 70.6 Å². The maximum Gasteiger partial charge on any atom is 0.411 e. The highest BCUT2D eigenvalue weighted by atomic mass is 79.9. The largest absolute Gasteiger partial charge is 0.461 e. The van der Waals surface area contributed by atoms with Gasteiger partial charge < -0.3 is 28.8 Å². The van der Waals surface area contributed by atoms with E-state index in [1.54, 1.807) is 49.7 Å². The fourth-order valence-electron chi connectivity index (χ4n) is 4.07. The molecular weight excluding hydrogens is 660 g/mol. The maximum absolute atomic E-state index is 13.1. The minimum Gasteiger partial charge on any atom is -0.461 e. The van der Waals surface area contributed by atoms with Crippen LogP contribution in [-0.2, 0) is 37.1 Å². The minimum atomic E-state index is -1.34. The van der Waals surface area contributed by atoms with Crippen molar-refractivity contribution in [2.24, 2.45) is 0 Å². The van der Waals surface area contributed by atoms with Gasteiger partial charge in [0.1, 0.15) is 30.8 Å². The molecule has 0 fully saturated rings. The lowest BCUT2D eigenvalue weighted by Gasteiger charge is -2.24. The number of aromatic nitrogens is 2. The molecule has 0 bridgehead atoms. The van der Waals surface area contributed by atoms with Crippen LogP contribution in [0.3, 0.4) is 0 Å². The zero-order valence-electron chi connectivity index (χ0n) is 26.9. The molecule has 1 aromatic heterocycles.